The summed E-state index contributed by atoms with van der Waals surface area (Å²) in [6, 6.07) is 8.32. The number of esters is 1. The summed E-state index contributed by atoms with van der Waals surface area (Å²) in [7, 11) is 2.29. The number of likely N-dealkylation sites (N-methyl/N-ethyl adjacent to an activating group) is 1. The van der Waals surface area contributed by atoms with Crippen LogP contribution in [-0.4, -0.2) is 52.7 Å². The van der Waals surface area contributed by atoms with Crippen LogP contribution in [0.2, 0.25) is 11.1 Å². The molecule has 0 aliphatic heterocycles. The Bertz CT molecular complexity index is 496. The highest BCUT2D eigenvalue weighted by Crippen LogP contribution is 2.10. The molecule has 122 valence electrons. The smallest absolute Gasteiger partial charge is 0.318 e. The van der Waals surface area contributed by atoms with Crippen molar-refractivity contribution in [3.05, 3.63) is 34.9 Å². The first kappa shape index (κ1) is 18.7. The molecule has 0 heterocycles. The van der Waals surface area contributed by atoms with Crippen molar-refractivity contribution in [2.24, 2.45) is 5.73 Å². The Labute approximate surface area is 138 Å². The SMILES string of the molecule is COC(=O)[C@@H](N)[SiH2]CCC(=O)N(C)CCc1ccc(Cl)cc1. The lowest BCUT2D eigenvalue weighted by Crippen LogP contribution is -2.38. The molecule has 1 amide bonds. The molecule has 7 heteroatoms. The molecule has 0 saturated carbocycles. The lowest BCUT2D eigenvalue weighted by atomic mass is 10.1. The molecule has 5 nitrogen and oxygen atoms in total. The molecule has 1 aromatic carbocycles. The molecule has 0 radical (unpaired) electrons. The van der Waals surface area contributed by atoms with Crippen LogP contribution >= 0.6 is 11.6 Å². The van der Waals surface area contributed by atoms with Gasteiger partial charge in [0.05, 0.1) is 22.3 Å². The average Bonchev–Trinajstić information content (AvgIpc) is 2.52. The monoisotopic (exact) mass is 342 g/mol. The van der Waals surface area contributed by atoms with Gasteiger partial charge in [0.2, 0.25) is 5.91 Å². The van der Waals surface area contributed by atoms with E-state index in [0.29, 0.717) is 24.0 Å². The zero-order valence-electron chi connectivity index (χ0n) is 13.0. The molecule has 0 saturated heterocycles. The van der Waals surface area contributed by atoms with Crippen molar-refractivity contribution in [3.8, 4) is 0 Å². The fraction of sp³-hybridized carbons (Fsp3) is 0.467. The number of hydrogen-bond donors (Lipinski definition) is 1. The van der Waals surface area contributed by atoms with Gasteiger partial charge in [-0.05, 0) is 24.1 Å². The second kappa shape index (κ2) is 9.60. The molecular formula is C15H23ClN2O3Si. The van der Waals surface area contributed by atoms with Gasteiger partial charge >= 0.3 is 5.97 Å². The average molecular weight is 343 g/mol. The Morgan fingerprint density at radius 3 is 2.59 bits per heavy atom. The first-order valence-electron chi connectivity index (χ1n) is 7.26. The van der Waals surface area contributed by atoms with Gasteiger partial charge in [-0.2, -0.15) is 0 Å². The molecule has 0 aliphatic carbocycles. The van der Waals surface area contributed by atoms with Crippen LogP contribution in [0.5, 0.6) is 0 Å². The summed E-state index contributed by atoms with van der Waals surface area (Å²) in [5.41, 5.74) is 6.32. The summed E-state index contributed by atoms with van der Waals surface area (Å²) >= 11 is 5.84. The van der Waals surface area contributed by atoms with E-state index in [1.807, 2.05) is 24.3 Å². The fourth-order valence-electron chi connectivity index (χ4n) is 2.01. The van der Waals surface area contributed by atoms with Crippen molar-refractivity contribution < 1.29 is 14.3 Å². The van der Waals surface area contributed by atoms with E-state index >= 15 is 0 Å². The molecule has 22 heavy (non-hydrogen) atoms. The number of carbonyl (C=O) groups is 2. The van der Waals surface area contributed by atoms with Crippen molar-refractivity contribution in [3.63, 3.8) is 0 Å². The van der Waals surface area contributed by atoms with E-state index in [-0.39, 0.29) is 11.9 Å². The number of carbonyl (C=O) groups excluding carboxylic acids is 2. The van der Waals surface area contributed by atoms with Crippen LogP contribution < -0.4 is 5.73 Å². The molecule has 0 spiro atoms. The normalized spacial score (nSPS) is 12.4. The fourth-order valence-corrected chi connectivity index (χ4v) is 3.48. The van der Waals surface area contributed by atoms with Crippen LogP contribution in [0.25, 0.3) is 0 Å². The Kier molecular flexibility index (Phi) is 8.15. The minimum absolute atomic E-state index is 0.0820. The van der Waals surface area contributed by atoms with Crippen molar-refractivity contribution >= 4 is 33.0 Å². The standard InChI is InChI=1S/C15H23ClN2O3Si/c1-18(9-7-11-3-5-12(16)6-4-11)13(19)8-10-22-14(17)15(20)21-2/h3-6,14H,7-10,17,22H2,1-2H3/t14-/m0/s1. The number of amides is 1. The molecule has 0 bridgehead atoms. The topological polar surface area (TPSA) is 72.6 Å². The number of rotatable bonds is 8. The third-order valence-electron chi connectivity index (χ3n) is 3.48. The van der Waals surface area contributed by atoms with Gasteiger partial charge in [0.15, 0.2) is 0 Å². The minimum Gasteiger partial charge on any atom is -0.468 e. The Hall–Kier alpha value is -1.37. The lowest BCUT2D eigenvalue weighted by molar-refractivity contribution is -0.140. The highest BCUT2D eigenvalue weighted by molar-refractivity contribution is 6.44. The number of hydrogen-bond acceptors (Lipinski definition) is 4. The summed E-state index contributed by atoms with van der Waals surface area (Å²) in [6.45, 7) is 0.658. The third-order valence-corrected chi connectivity index (χ3v) is 5.45. The number of ether oxygens (including phenoxy) is 1. The summed E-state index contributed by atoms with van der Waals surface area (Å²) in [4.78, 5) is 24.9. The van der Waals surface area contributed by atoms with Gasteiger partial charge in [-0.3, -0.25) is 9.59 Å². The second-order valence-corrected chi connectivity index (χ2v) is 7.81. The molecule has 1 atom stereocenters. The van der Waals surface area contributed by atoms with Gasteiger partial charge in [-0.1, -0.05) is 29.8 Å². The van der Waals surface area contributed by atoms with Crippen LogP contribution in [0, 0.1) is 0 Å². The summed E-state index contributed by atoms with van der Waals surface area (Å²) in [5, 5.41) is 0.708. The van der Waals surface area contributed by atoms with Gasteiger partial charge in [0.25, 0.3) is 0 Å². The number of benzene rings is 1. The van der Waals surface area contributed by atoms with E-state index in [1.165, 1.54) is 7.11 Å². The van der Waals surface area contributed by atoms with Crippen LogP contribution in [0.15, 0.2) is 24.3 Å². The van der Waals surface area contributed by atoms with Gasteiger partial charge in [0, 0.05) is 25.0 Å². The predicted molar refractivity (Wildman–Crippen MR) is 90.8 cm³/mol. The maximum absolute atomic E-state index is 12.0. The third kappa shape index (κ3) is 6.59. The number of nitrogens with two attached hydrogens (primary N) is 1. The first-order valence-corrected chi connectivity index (χ1v) is 9.45. The highest BCUT2D eigenvalue weighted by atomic mass is 35.5. The molecule has 0 aromatic heterocycles. The molecular weight excluding hydrogens is 320 g/mol. The van der Waals surface area contributed by atoms with Gasteiger partial charge in [-0.15, -0.1) is 0 Å². The summed E-state index contributed by atoms with van der Waals surface area (Å²) in [5.74, 6) is -0.297. The van der Waals surface area contributed by atoms with Gasteiger partial charge < -0.3 is 15.4 Å². The molecule has 1 rings (SSSR count). The van der Waals surface area contributed by atoms with E-state index in [0.717, 1.165) is 12.0 Å². The first-order chi connectivity index (χ1) is 10.4. The van der Waals surface area contributed by atoms with Crippen molar-refractivity contribution in [1.29, 1.82) is 0 Å². The number of nitrogens with zero attached hydrogens (tertiary/aromatic N) is 1. The zero-order valence-corrected chi connectivity index (χ0v) is 15.2. The van der Waals surface area contributed by atoms with E-state index in [2.05, 4.69) is 4.74 Å². The van der Waals surface area contributed by atoms with Crippen LogP contribution in [0.1, 0.15) is 12.0 Å². The largest absolute Gasteiger partial charge is 0.468 e. The second-order valence-electron chi connectivity index (χ2n) is 5.21. The van der Waals surface area contributed by atoms with E-state index < -0.39 is 15.2 Å². The number of methoxy groups -OCH3 is 1. The molecule has 0 aliphatic rings. The Balaban J connectivity index is 2.27. The minimum atomic E-state index is -0.826. The maximum atomic E-state index is 12.0. The summed E-state index contributed by atoms with van der Waals surface area (Å²) in [6.07, 6.45) is 1.23. The van der Waals surface area contributed by atoms with Crippen molar-refractivity contribution in [2.45, 2.75) is 24.6 Å². The van der Waals surface area contributed by atoms with Crippen LogP contribution in [0.4, 0.5) is 0 Å². The molecule has 0 unspecified atom stereocenters. The highest BCUT2D eigenvalue weighted by Gasteiger charge is 2.15. The summed E-state index contributed by atoms with van der Waals surface area (Å²) < 4.78 is 4.58. The quantitative estimate of drug-likeness (QED) is 0.559. The zero-order chi connectivity index (χ0) is 16.5. The predicted octanol–water partition coefficient (Wildman–Crippen LogP) is 0.776. The van der Waals surface area contributed by atoms with Gasteiger partial charge in [-0.25, -0.2) is 0 Å². The van der Waals surface area contributed by atoms with E-state index in [4.69, 9.17) is 17.3 Å². The van der Waals surface area contributed by atoms with Crippen LogP contribution in [0.3, 0.4) is 0 Å². The Morgan fingerprint density at radius 1 is 1.36 bits per heavy atom. The number of halogens is 1. The maximum Gasteiger partial charge on any atom is 0.318 e. The van der Waals surface area contributed by atoms with Crippen LogP contribution in [-0.2, 0) is 20.7 Å². The van der Waals surface area contributed by atoms with Crippen molar-refractivity contribution in [1.82, 2.24) is 4.90 Å². The Morgan fingerprint density at radius 2 is 2.00 bits per heavy atom. The van der Waals surface area contributed by atoms with E-state index in [9.17, 15) is 9.59 Å². The molecule has 1 aromatic rings. The van der Waals surface area contributed by atoms with Gasteiger partial charge in [0.1, 0.15) is 0 Å². The molecule has 2 N–H and O–H groups in total. The van der Waals surface area contributed by atoms with Crippen molar-refractivity contribution in [2.75, 3.05) is 20.7 Å². The van der Waals surface area contributed by atoms with E-state index in [1.54, 1.807) is 11.9 Å². The molecule has 0 fully saturated rings. The lowest BCUT2D eigenvalue weighted by Gasteiger charge is -2.17.